The third-order valence-electron chi connectivity index (χ3n) is 16.7. The average molecular weight is 995 g/mol. The molecule has 380 valence electrons. The van der Waals surface area contributed by atoms with Crippen LogP contribution in [0.4, 0.5) is 0 Å². The number of esters is 3. The molecule has 2 aromatic heterocycles. The van der Waals surface area contributed by atoms with Crippen LogP contribution in [-0.4, -0.2) is 93.7 Å². The van der Waals surface area contributed by atoms with Crippen molar-refractivity contribution in [3.8, 4) is 5.75 Å². The van der Waals surface area contributed by atoms with Crippen LogP contribution in [0.1, 0.15) is 88.2 Å². The standard InChI is InChI=1S/C60H62N6O8/c1-12-38-28(4)33-17-34(38)20-43-29(5)39(13-2)47(61-43)24-45-31(7)51-56(63-45)52(53(57(51)69)58(70)72-11)55-40(30(6)44(19-33)62-55)15-16-50(68)74-60(14-3)42-23-48-54-37(26-66(48)32(8)41(42)27-73-59(60)71)18-35-22-49(67)36(25-65(9)10)21-46(35)64-54/h12,18-24,30,40,45,53,61-62,67H,1,8,13-17,25-27H2,2-7,9-11H3/b43-20-,44-19-,47-24-,55-52?/t30-,40+,45?,53?,60+/m1/s1. The van der Waals surface area contributed by atoms with Gasteiger partial charge < -0.3 is 39.4 Å². The van der Waals surface area contributed by atoms with Gasteiger partial charge in [0.15, 0.2) is 5.78 Å². The van der Waals surface area contributed by atoms with E-state index in [4.69, 9.17) is 24.2 Å². The van der Waals surface area contributed by atoms with E-state index < -0.39 is 41.4 Å². The van der Waals surface area contributed by atoms with E-state index in [1.807, 2.05) is 55.1 Å². The lowest BCUT2D eigenvalue weighted by atomic mass is 9.81. The molecular weight excluding hydrogens is 933 g/mol. The average Bonchev–Trinajstić information content (AvgIpc) is 4.19. The number of cyclic esters (lactones) is 1. The maximum Gasteiger partial charge on any atom is 0.355 e. The summed E-state index contributed by atoms with van der Waals surface area (Å²) in [6, 6.07) is 5.20. The molecule has 2 aliphatic carbocycles. The van der Waals surface area contributed by atoms with Gasteiger partial charge in [0.1, 0.15) is 18.3 Å². The molecule has 0 radical (unpaired) electrons. The molecule has 0 amide bonds. The number of carbonyl (C=O) groups is 4. The molecule has 1 aromatic carbocycles. The van der Waals surface area contributed by atoms with Gasteiger partial charge in [0.2, 0.25) is 5.60 Å². The molecule has 3 aromatic rings. The Hall–Kier alpha value is -7.58. The molecular formula is C60H62N6O8. The number of hydrogen-bond acceptors (Lipinski definition) is 13. The Balaban J connectivity index is 0.977. The van der Waals surface area contributed by atoms with Crippen LogP contribution in [0.3, 0.4) is 0 Å². The molecule has 11 rings (SSSR count). The number of hydrogen-bond donors (Lipinski definition) is 3. The highest BCUT2D eigenvalue weighted by atomic mass is 16.6. The zero-order valence-electron chi connectivity index (χ0n) is 43.6. The second-order valence-electron chi connectivity index (χ2n) is 21.1. The molecule has 74 heavy (non-hydrogen) atoms. The molecule has 6 aliphatic heterocycles. The van der Waals surface area contributed by atoms with E-state index in [1.54, 1.807) is 13.0 Å². The Morgan fingerprint density at radius 2 is 1.86 bits per heavy atom. The summed E-state index contributed by atoms with van der Waals surface area (Å²) < 4.78 is 17.7. The first-order valence-electron chi connectivity index (χ1n) is 25.6. The monoisotopic (exact) mass is 994 g/mol. The lowest BCUT2D eigenvalue weighted by Crippen LogP contribution is -2.50. The van der Waals surface area contributed by atoms with Crippen molar-refractivity contribution in [2.45, 2.75) is 98.4 Å². The van der Waals surface area contributed by atoms with E-state index in [9.17, 15) is 24.3 Å². The van der Waals surface area contributed by atoms with Gasteiger partial charge in [-0.05, 0) is 142 Å². The number of allylic oxidation sites excluding steroid dienone is 9. The quantitative estimate of drug-likeness (QED) is 0.106. The first kappa shape index (κ1) is 48.7. The number of Topliss-reactive ketones (excluding diaryl/α,β-unsaturated/α-hetero) is 1. The molecule has 3 N–H and O–H groups in total. The van der Waals surface area contributed by atoms with Crippen LogP contribution < -0.4 is 16.0 Å². The van der Waals surface area contributed by atoms with Gasteiger partial charge in [-0.2, -0.15) is 0 Å². The van der Waals surface area contributed by atoms with Gasteiger partial charge in [0.05, 0.1) is 42.3 Å². The normalized spacial score (nSPS) is 26.3. The van der Waals surface area contributed by atoms with Gasteiger partial charge in [0, 0.05) is 91.4 Å². The lowest BCUT2D eigenvalue weighted by molar-refractivity contribution is -0.180. The molecule has 1 saturated heterocycles. The molecule has 0 spiro atoms. The van der Waals surface area contributed by atoms with Gasteiger partial charge >= 0.3 is 17.9 Å². The van der Waals surface area contributed by atoms with Crippen molar-refractivity contribution in [3.63, 3.8) is 0 Å². The second-order valence-corrected chi connectivity index (χ2v) is 21.1. The molecule has 14 nitrogen and oxygen atoms in total. The zero-order chi connectivity index (χ0) is 52.4. The van der Waals surface area contributed by atoms with Crippen LogP contribution in [0.15, 0.2) is 122 Å². The summed E-state index contributed by atoms with van der Waals surface area (Å²) in [7, 11) is 5.16. The van der Waals surface area contributed by atoms with Crippen molar-refractivity contribution in [1.82, 2.24) is 25.1 Å². The number of benzene rings is 1. The molecule has 2 unspecified atom stereocenters. The number of nitrogens with zero attached hydrogens (tertiary/aromatic N) is 4. The summed E-state index contributed by atoms with van der Waals surface area (Å²) in [4.78, 5) is 75.6. The topological polar surface area (TPSA) is 176 Å². The predicted octanol–water partition coefficient (Wildman–Crippen LogP) is 7.19. The summed E-state index contributed by atoms with van der Waals surface area (Å²) in [6.45, 7) is 21.8. The number of phenols is 1. The molecule has 2 fully saturated rings. The SMILES string of the molecule is C=CC1=C2/C=c3\[nH]/c(c(CC)c3C)=C\C3N=C4C(=C3C)C(=O)C(C(=O)OC)C4=C3N/C(=C\C(=C1C)C2)[C@H](C)[C@@H]3CCC(=O)O[C@]1(CC)C(=O)OCC2=C1C=C1c3nc4cc(CN(C)C)c(O)cc4cc3CN1C2=C. The highest BCUT2D eigenvalue weighted by Gasteiger charge is 2.54. The van der Waals surface area contributed by atoms with E-state index in [1.165, 1.54) is 7.11 Å². The lowest BCUT2D eigenvalue weighted by Gasteiger charge is -2.41. The molecule has 1 saturated carbocycles. The van der Waals surface area contributed by atoms with E-state index in [0.29, 0.717) is 64.4 Å². The first-order valence-corrected chi connectivity index (χ1v) is 25.6. The third kappa shape index (κ3) is 7.30. The van der Waals surface area contributed by atoms with Crippen molar-refractivity contribution in [1.29, 1.82) is 0 Å². The minimum Gasteiger partial charge on any atom is -0.508 e. The molecule has 5 atom stereocenters. The number of H-pyrrole nitrogens is 1. The molecule has 8 heterocycles. The largest absolute Gasteiger partial charge is 0.508 e. The van der Waals surface area contributed by atoms with Crippen LogP contribution in [-0.2, 0) is 52.9 Å². The van der Waals surface area contributed by atoms with E-state index in [0.717, 1.165) is 89.7 Å². The van der Waals surface area contributed by atoms with Gasteiger partial charge in [0.25, 0.3) is 0 Å². The number of ketones is 1. The minimum atomic E-state index is -1.78. The smallest absolute Gasteiger partial charge is 0.355 e. The van der Waals surface area contributed by atoms with E-state index in [-0.39, 0.29) is 43.3 Å². The Bertz CT molecular complexity index is 3570. The van der Waals surface area contributed by atoms with Crippen LogP contribution in [0.2, 0.25) is 0 Å². The van der Waals surface area contributed by atoms with Gasteiger partial charge in [-0.1, -0.05) is 40.0 Å². The predicted molar refractivity (Wildman–Crippen MR) is 283 cm³/mol. The Kier molecular flexibility index (Phi) is 11.7. The maximum atomic E-state index is 14.7. The van der Waals surface area contributed by atoms with E-state index >= 15 is 0 Å². The summed E-state index contributed by atoms with van der Waals surface area (Å²) in [5.41, 5.74) is 14.1. The van der Waals surface area contributed by atoms with Crippen molar-refractivity contribution in [2.75, 3.05) is 27.8 Å². The van der Waals surface area contributed by atoms with Crippen LogP contribution >= 0.6 is 0 Å². The highest BCUT2D eigenvalue weighted by molar-refractivity contribution is 6.42. The number of aromatic amines is 1. The maximum absolute atomic E-state index is 14.7. The Morgan fingerprint density at radius 1 is 1.08 bits per heavy atom. The number of pyridine rings is 1. The number of ether oxygens (including phenoxy) is 3. The number of phenolic OH excluding ortho intramolecular Hbond substituents is 1. The number of aromatic nitrogens is 2. The third-order valence-corrected chi connectivity index (χ3v) is 16.7. The second kappa shape index (κ2) is 17.8. The van der Waals surface area contributed by atoms with Gasteiger partial charge in [-0.15, -0.1) is 0 Å². The molecule has 8 bridgehead atoms. The highest BCUT2D eigenvalue weighted by Crippen LogP contribution is 2.50. The van der Waals surface area contributed by atoms with Crippen molar-refractivity contribution in [2.24, 2.45) is 22.7 Å². The summed E-state index contributed by atoms with van der Waals surface area (Å²) in [5, 5.41) is 17.3. The van der Waals surface area contributed by atoms with Crippen LogP contribution in [0.25, 0.3) is 28.8 Å². The number of rotatable bonds is 10. The summed E-state index contributed by atoms with van der Waals surface area (Å²) >= 11 is 0. The summed E-state index contributed by atoms with van der Waals surface area (Å²) in [5.74, 6) is -4.04. The van der Waals surface area contributed by atoms with E-state index in [2.05, 4.69) is 69.4 Å². The minimum absolute atomic E-state index is 0.0411. The van der Waals surface area contributed by atoms with Crippen molar-refractivity contribution >= 4 is 58.2 Å². The van der Waals surface area contributed by atoms with Crippen LogP contribution in [0.5, 0.6) is 5.75 Å². The van der Waals surface area contributed by atoms with Gasteiger partial charge in [-0.25, -0.2) is 9.78 Å². The number of methoxy groups -OCH3 is 1. The number of fused-ring (bicyclic) bond motifs is 11. The number of nitrogens with one attached hydrogen (secondary N) is 2. The fourth-order valence-electron chi connectivity index (χ4n) is 12.7. The molecule has 8 aliphatic rings. The Labute approximate surface area is 430 Å². The van der Waals surface area contributed by atoms with Crippen molar-refractivity contribution < 1.29 is 38.5 Å². The zero-order valence-corrected chi connectivity index (χ0v) is 43.6. The number of carbonyl (C=O) groups excluding carboxylic acids is 4. The number of aromatic hydroxyl groups is 1. The summed E-state index contributed by atoms with van der Waals surface area (Å²) in [6.07, 6.45) is 11.9. The van der Waals surface area contributed by atoms with Crippen molar-refractivity contribution in [3.05, 3.63) is 155 Å². The number of aliphatic imine (C=N–C) groups is 1. The fraction of sp³-hybridized carbons (Fsp3) is 0.367. The Morgan fingerprint density at radius 3 is 2.58 bits per heavy atom. The van der Waals surface area contributed by atoms with Gasteiger partial charge in [-0.3, -0.25) is 19.4 Å². The molecule has 14 heteroatoms. The first-order chi connectivity index (χ1) is 35.4. The fourth-order valence-corrected chi connectivity index (χ4v) is 12.7. The van der Waals surface area contributed by atoms with Crippen LogP contribution in [0, 0.1) is 24.7 Å².